The third kappa shape index (κ3) is 11.9. The smallest absolute Gasteiger partial charge is 0.223 e. The standard InChI is InChI=1S/C35H27FN6O.C32H24ClFN4O/c1-24(41-17-16-37-23-41)31-21-29(36)12-15-34(31)43-35-28(18-25-8-4-2-5-9-25)19-27-20-30(13-14-32(27)38-35)42-22-33(39-40-42)26-10-6-3-7-11-26;1-21(33)28-19-26(34)12-15-31(28)39-32-25(16-22-8-4-2-5-9-22)17-24-18-27(13-14-29(24)35-32)38-20-30(36-37-38)23-10-6-3-7-11-23/h2-17,19-24H,18H2,1H3;2-15,17-21H,16H2,1H3. The molecule has 5 heterocycles. The summed E-state index contributed by atoms with van der Waals surface area (Å²) in [6.45, 7) is 3.77. The molecule has 0 N–H and O–H groups in total. The van der Waals surface area contributed by atoms with Gasteiger partial charge >= 0.3 is 0 Å². The summed E-state index contributed by atoms with van der Waals surface area (Å²) in [6, 6.07) is 65.0. The van der Waals surface area contributed by atoms with Crippen LogP contribution in [0.3, 0.4) is 0 Å². The van der Waals surface area contributed by atoms with Crippen LogP contribution in [0.5, 0.6) is 23.3 Å². The van der Waals surface area contributed by atoms with Crippen molar-refractivity contribution >= 4 is 33.4 Å². The molecule has 12 nitrogen and oxygen atoms in total. The van der Waals surface area contributed by atoms with E-state index >= 15 is 0 Å². The van der Waals surface area contributed by atoms with Gasteiger partial charge in [0.1, 0.15) is 34.5 Å². The summed E-state index contributed by atoms with van der Waals surface area (Å²) >= 11 is 6.35. The molecule has 8 aromatic carbocycles. The van der Waals surface area contributed by atoms with Crippen molar-refractivity contribution in [2.24, 2.45) is 0 Å². The van der Waals surface area contributed by atoms with Gasteiger partial charge in [-0.15, -0.1) is 21.8 Å². The maximum Gasteiger partial charge on any atom is 0.223 e. The molecule has 0 aliphatic rings. The molecule has 13 aromatic rings. The summed E-state index contributed by atoms with van der Waals surface area (Å²) < 4.78 is 46.7. The molecule has 2 atom stereocenters. The normalized spacial score (nSPS) is 12.0. The zero-order chi connectivity index (χ0) is 55.9. The molecule has 5 aromatic heterocycles. The second kappa shape index (κ2) is 23.7. The van der Waals surface area contributed by atoms with Crippen molar-refractivity contribution in [1.29, 1.82) is 0 Å². The Balaban J connectivity index is 0.000000163. The highest BCUT2D eigenvalue weighted by atomic mass is 35.5. The van der Waals surface area contributed by atoms with Crippen LogP contribution in [0.2, 0.25) is 0 Å². The van der Waals surface area contributed by atoms with Crippen LogP contribution in [0, 0.1) is 11.6 Å². The average Bonchev–Trinajstić information content (AvgIpc) is 4.40. The number of alkyl halides is 1. The van der Waals surface area contributed by atoms with Crippen LogP contribution >= 0.6 is 11.6 Å². The molecule has 0 saturated heterocycles. The number of ether oxygens (including phenoxy) is 2. The minimum atomic E-state index is -0.431. The van der Waals surface area contributed by atoms with E-state index in [1.807, 2.05) is 157 Å². The summed E-state index contributed by atoms with van der Waals surface area (Å²) in [5.74, 6) is 1.25. The number of pyridine rings is 2. The summed E-state index contributed by atoms with van der Waals surface area (Å²) in [5.41, 5.74) is 12.2. The Morgan fingerprint density at radius 2 is 0.951 bits per heavy atom. The number of aromatic nitrogens is 10. The first-order valence-corrected chi connectivity index (χ1v) is 27.1. The molecule has 0 saturated carbocycles. The van der Waals surface area contributed by atoms with Gasteiger partial charge in [-0.05, 0) is 110 Å². The molecule has 0 radical (unpaired) electrons. The molecule has 0 spiro atoms. The molecule has 402 valence electrons. The van der Waals surface area contributed by atoms with E-state index in [0.717, 1.165) is 77.9 Å². The van der Waals surface area contributed by atoms with Crippen molar-refractivity contribution in [3.63, 3.8) is 0 Å². The van der Waals surface area contributed by atoms with E-state index in [1.165, 1.54) is 24.3 Å². The molecule has 13 rings (SSSR count). The molecule has 0 fully saturated rings. The van der Waals surface area contributed by atoms with Crippen molar-refractivity contribution < 1.29 is 18.3 Å². The summed E-state index contributed by atoms with van der Waals surface area (Å²) in [5, 5.41) is 18.9. The van der Waals surface area contributed by atoms with Gasteiger partial charge in [-0.25, -0.2) is 33.1 Å². The zero-order valence-corrected chi connectivity index (χ0v) is 45.3. The van der Waals surface area contributed by atoms with Gasteiger partial charge in [0.2, 0.25) is 11.8 Å². The first-order chi connectivity index (χ1) is 40.1. The fourth-order valence-electron chi connectivity index (χ4n) is 9.72. The minimum absolute atomic E-state index is 0.197. The average molecular weight is 1100 g/mol. The van der Waals surface area contributed by atoms with Crippen molar-refractivity contribution in [3.8, 4) is 57.1 Å². The van der Waals surface area contributed by atoms with E-state index in [2.05, 4.69) is 68.1 Å². The van der Waals surface area contributed by atoms with E-state index in [0.29, 0.717) is 47.2 Å². The Morgan fingerprint density at radius 1 is 0.500 bits per heavy atom. The van der Waals surface area contributed by atoms with Crippen LogP contribution < -0.4 is 9.47 Å². The predicted octanol–water partition coefficient (Wildman–Crippen LogP) is 16.1. The van der Waals surface area contributed by atoms with E-state index in [-0.39, 0.29) is 17.7 Å². The second-order valence-electron chi connectivity index (χ2n) is 19.7. The molecule has 0 aliphatic heterocycles. The number of nitrogens with zero attached hydrogens (tertiary/aromatic N) is 10. The molecule has 0 bridgehead atoms. The van der Waals surface area contributed by atoms with Crippen molar-refractivity contribution in [2.45, 2.75) is 38.1 Å². The number of fused-ring (bicyclic) bond motifs is 2. The lowest BCUT2D eigenvalue weighted by molar-refractivity contribution is 0.443. The molecule has 2 unspecified atom stereocenters. The second-order valence-corrected chi connectivity index (χ2v) is 20.3. The molecule has 0 amide bonds. The predicted molar refractivity (Wildman–Crippen MR) is 316 cm³/mol. The maximum absolute atomic E-state index is 14.4. The van der Waals surface area contributed by atoms with Crippen molar-refractivity contribution in [3.05, 3.63) is 282 Å². The van der Waals surface area contributed by atoms with Gasteiger partial charge in [0.25, 0.3) is 0 Å². The molecule has 82 heavy (non-hydrogen) atoms. The van der Waals surface area contributed by atoms with Crippen LogP contribution in [0.4, 0.5) is 8.78 Å². The monoisotopic (exact) mass is 1100 g/mol. The topological polar surface area (TPSA) is 123 Å². The number of imidazole rings is 1. The third-order valence-electron chi connectivity index (χ3n) is 14.0. The fraction of sp³-hybridized carbons (Fsp3) is 0.0896. The molecular weight excluding hydrogens is 1050 g/mol. The Morgan fingerprint density at radius 3 is 1.40 bits per heavy atom. The van der Waals surface area contributed by atoms with Crippen LogP contribution in [-0.2, 0) is 12.8 Å². The van der Waals surface area contributed by atoms with E-state index in [4.69, 9.17) is 31.0 Å². The Bertz CT molecular complexity index is 4320. The van der Waals surface area contributed by atoms with E-state index < -0.39 is 5.38 Å². The third-order valence-corrected chi connectivity index (χ3v) is 14.2. The summed E-state index contributed by atoms with van der Waals surface area (Å²) in [4.78, 5) is 14.0. The highest BCUT2D eigenvalue weighted by Gasteiger charge is 2.20. The Labute approximate surface area is 476 Å². The molecule has 15 heteroatoms. The molecular formula is C67H51ClF2N10O2. The lowest BCUT2D eigenvalue weighted by Gasteiger charge is -2.19. The maximum atomic E-state index is 14.4. The number of hydrogen-bond donors (Lipinski definition) is 0. The highest BCUT2D eigenvalue weighted by molar-refractivity contribution is 6.20. The fourth-order valence-corrected chi connectivity index (χ4v) is 9.89. The lowest BCUT2D eigenvalue weighted by Crippen LogP contribution is -2.07. The lowest BCUT2D eigenvalue weighted by atomic mass is 10.0. The van der Waals surface area contributed by atoms with E-state index in [1.54, 1.807) is 40.9 Å². The summed E-state index contributed by atoms with van der Waals surface area (Å²) in [6.07, 6.45) is 10.3. The highest BCUT2D eigenvalue weighted by Crippen LogP contribution is 2.38. The van der Waals surface area contributed by atoms with Crippen LogP contribution in [0.15, 0.2) is 237 Å². The van der Waals surface area contributed by atoms with Gasteiger partial charge in [0.15, 0.2) is 0 Å². The number of rotatable bonds is 15. The largest absolute Gasteiger partial charge is 0.438 e. The first kappa shape index (κ1) is 52.5. The van der Waals surface area contributed by atoms with Crippen molar-refractivity contribution in [1.82, 2.24) is 49.5 Å². The minimum Gasteiger partial charge on any atom is -0.438 e. The zero-order valence-electron chi connectivity index (χ0n) is 44.5. The van der Waals surface area contributed by atoms with E-state index in [9.17, 15) is 8.78 Å². The summed E-state index contributed by atoms with van der Waals surface area (Å²) in [7, 11) is 0. The van der Waals surface area contributed by atoms with Crippen LogP contribution in [0.25, 0.3) is 55.7 Å². The number of halogens is 3. The Kier molecular flexibility index (Phi) is 15.1. The van der Waals surface area contributed by atoms with Crippen molar-refractivity contribution in [2.75, 3.05) is 0 Å². The van der Waals surface area contributed by atoms with Gasteiger partial charge in [-0.1, -0.05) is 132 Å². The Hall–Kier alpha value is -10.2. The quantitative estimate of drug-likeness (QED) is 0.0923. The van der Waals surface area contributed by atoms with Crippen LogP contribution in [0.1, 0.15) is 58.6 Å². The number of hydrogen-bond acceptors (Lipinski definition) is 9. The van der Waals surface area contributed by atoms with Gasteiger partial charge in [-0.3, -0.25) is 0 Å². The van der Waals surface area contributed by atoms with Gasteiger partial charge < -0.3 is 14.0 Å². The SMILES string of the molecule is CC(Cl)c1cc(F)ccc1Oc1nc2ccc(-n3cc(-c4ccccc4)nn3)cc2cc1Cc1ccccc1.CC(c1cc(F)ccc1Oc1nc2ccc(-n3cc(-c4ccccc4)nn3)cc2cc1Cc1ccccc1)n1ccnc1. The van der Waals surface area contributed by atoms with Gasteiger partial charge in [0.05, 0.1) is 52.5 Å². The van der Waals surface area contributed by atoms with Gasteiger partial charge in [-0.2, -0.15) is 0 Å². The van der Waals surface area contributed by atoms with Gasteiger partial charge in [0, 0.05) is 69.4 Å². The molecule has 0 aliphatic carbocycles. The number of benzene rings is 8. The van der Waals surface area contributed by atoms with Crippen LogP contribution in [-0.4, -0.2) is 49.5 Å². The first-order valence-electron chi connectivity index (χ1n) is 26.6.